The molecular weight excluding hydrogens is 532 g/mol. The van der Waals surface area contributed by atoms with Crippen LogP contribution in [0.25, 0.3) is 0 Å². The number of aliphatic hydroxyl groups is 3. The highest BCUT2D eigenvalue weighted by Gasteiger charge is 2.44. The van der Waals surface area contributed by atoms with E-state index in [0.29, 0.717) is 38.6 Å². The molecule has 1 amide bonds. The van der Waals surface area contributed by atoms with Crippen LogP contribution in [0.5, 0.6) is 0 Å². The van der Waals surface area contributed by atoms with Gasteiger partial charge in [-0.05, 0) is 79.5 Å². The largest absolute Gasteiger partial charge is 0.480 e. The molecule has 220 valence electrons. The Balaban J connectivity index is 1.47. The molecular formula is C30H42N2O7S. The van der Waals surface area contributed by atoms with Crippen molar-refractivity contribution < 1.29 is 34.8 Å². The van der Waals surface area contributed by atoms with Gasteiger partial charge in [-0.25, -0.2) is 0 Å². The van der Waals surface area contributed by atoms with Gasteiger partial charge in [-0.2, -0.15) is 0 Å². The Morgan fingerprint density at radius 3 is 2.38 bits per heavy atom. The quantitative estimate of drug-likeness (QED) is 0.186. The topological polar surface area (TPSA) is 162 Å². The monoisotopic (exact) mass is 574 g/mol. The Kier molecular flexibility index (Phi) is 12.4. The van der Waals surface area contributed by atoms with Gasteiger partial charge in [-0.1, -0.05) is 42.5 Å². The van der Waals surface area contributed by atoms with Crippen molar-refractivity contribution in [1.82, 2.24) is 5.32 Å². The van der Waals surface area contributed by atoms with Gasteiger partial charge in [0.15, 0.2) is 0 Å². The SMILES string of the molecule is CS[C@H]1O[C@@H](c2ccc(C)c(Cc3ccc(CCCC(=O)NCCCC[C@H](N)C(=O)O)cc3)c2)[C@H](O)[C@@H](O)[C@@H]1O. The van der Waals surface area contributed by atoms with Gasteiger partial charge in [0.2, 0.25) is 5.91 Å². The summed E-state index contributed by atoms with van der Waals surface area (Å²) in [5.41, 5.74) is 10.1. The summed E-state index contributed by atoms with van der Waals surface area (Å²) in [4.78, 5) is 22.8. The van der Waals surface area contributed by atoms with E-state index in [4.69, 9.17) is 15.6 Å². The van der Waals surface area contributed by atoms with E-state index >= 15 is 0 Å². The smallest absolute Gasteiger partial charge is 0.320 e. The first-order chi connectivity index (χ1) is 19.1. The average Bonchev–Trinajstić information content (AvgIpc) is 2.94. The molecule has 6 atom stereocenters. The summed E-state index contributed by atoms with van der Waals surface area (Å²) in [6.45, 7) is 2.55. The number of unbranched alkanes of at least 4 members (excludes halogenated alkanes) is 1. The molecule has 1 aliphatic heterocycles. The summed E-state index contributed by atoms with van der Waals surface area (Å²) in [5.74, 6) is -1.01. The molecule has 2 aromatic carbocycles. The van der Waals surface area contributed by atoms with Crippen molar-refractivity contribution in [3.05, 3.63) is 70.3 Å². The normalized spacial score (nSPS) is 23.5. The van der Waals surface area contributed by atoms with Crippen molar-refractivity contribution in [1.29, 1.82) is 0 Å². The average molecular weight is 575 g/mol. The van der Waals surface area contributed by atoms with Gasteiger partial charge in [-0.15, -0.1) is 11.8 Å². The second kappa shape index (κ2) is 15.5. The maximum absolute atomic E-state index is 12.1. The molecule has 0 spiro atoms. The van der Waals surface area contributed by atoms with Crippen LogP contribution in [0.3, 0.4) is 0 Å². The first-order valence-corrected chi connectivity index (χ1v) is 15.0. The molecule has 0 radical (unpaired) electrons. The van der Waals surface area contributed by atoms with Gasteiger partial charge in [-0.3, -0.25) is 9.59 Å². The standard InChI is InChI=1S/C30H42N2O7S/c1-18-9-14-21(28-26(35)25(34)27(36)30(39-28)40-2)17-22(18)16-20-12-10-19(11-13-20)6-5-8-24(33)32-15-4-3-7-23(31)29(37)38/h9-14,17,23,25-28,30,34-36H,3-8,15-16,31H2,1-2H3,(H,32,33)(H,37,38)/t23-,25+,26+,27-,28-,30+/m0/s1. The summed E-state index contributed by atoms with van der Waals surface area (Å²) in [5, 5.41) is 42.7. The van der Waals surface area contributed by atoms with Crippen molar-refractivity contribution in [2.75, 3.05) is 12.8 Å². The number of amides is 1. The molecule has 1 saturated heterocycles. The van der Waals surface area contributed by atoms with Gasteiger partial charge < -0.3 is 36.2 Å². The number of thioether (sulfide) groups is 1. The fourth-order valence-corrected chi connectivity index (χ4v) is 5.47. The number of nitrogens with two attached hydrogens (primary N) is 1. The van der Waals surface area contributed by atoms with E-state index < -0.39 is 41.9 Å². The lowest BCUT2D eigenvalue weighted by molar-refractivity contribution is -0.200. The number of aliphatic carboxylic acids is 1. The minimum absolute atomic E-state index is 0.00699. The molecule has 0 bridgehead atoms. The number of carboxylic acid groups (broad SMARTS) is 1. The van der Waals surface area contributed by atoms with Crippen LogP contribution in [0.2, 0.25) is 0 Å². The number of nitrogens with one attached hydrogen (secondary N) is 1. The molecule has 0 saturated carbocycles. The van der Waals surface area contributed by atoms with Gasteiger partial charge >= 0.3 is 5.97 Å². The molecule has 3 rings (SSSR count). The van der Waals surface area contributed by atoms with Crippen molar-refractivity contribution >= 4 is 23.6 Å². The number of ether oxygens (including phenoxy) is 1. The lowest BCUT2D eigenvalue weighted by Gasteiger charge is -2.40. The highest BCUT2D eigenvalue weighted by Crippen LogP contribution is 2.36. The number of hydrogen-bond donors (Lipinski definition) is 6. The first-order valence-electron chi connectivity index (χ1n) is 13.8. The van der Waals surface area contributed by atoms with Crippen LogP contribution in [-0.2, 0) is 27.2 Å². The highest BCUT2D eigenvalue weighted by atomic mass is 32.2. The Morgan fingerprint density at radius 1 is 1.00 bits per heavy atom. The maximum atomic E-state index is 12.1. The first kappa shape index (κ1) is 32.0. The van der Waals surface area contributed by atoms with E-state index in [2.05, 4.69) is 29.6 Å². The zero-order valence-electron chi connectivity index (χ0n) is 23.2. The lowest BCUT2D eigenvalue weighted by atomic mass is 9.91. The van der Waals surface area contributed by atoms with E-state index in [1.165, 1.54) is 11.8 Å². The minimum Gasteiger partial charge on any atom is -0.480 e. The van der Waals surface area contributed by atoms with Crippen LogP contribution in [0, 0.1) is 6.92 Å². The zero-order valence-corrected chi connectivity index (χ0v) is 24.0. The Labute approximate surface area is 240 Å². The minimum atomic E-state index is -1.28. The van der Waals surface area contributed by atoms with E-state index in [0.717, 1.165) is 40.7 Å². The van der Waals surface area contributed by atoms with Gasteiger partial charge in [0.25, 0.3) is 0 Å². The second-order valence-corrected chi connectivity index (χ2v) is 11.4. The number of aryl methyl sites for hydroxylation is 2. The van der Waals surface area contributed by atoms with Crippen LogP contribution < -0.4 is 11.1 Å². The van der Waals surface area contributed by atoms with Crippen LogP contribution in [-0.4, -0.2) is 74.9 Å². The molecule has 2 aromatic rings. The fraction of sp³-hybridized carbons (Fsp3) is 0.533. The van der Waals surface area contributed by atoms with E-state index in [-0.39, 0.29) is 5.91 Å². The second-order valence-electron chi connectivity index (χ2n) is 10.5. The molecule has 0 unspecified atom stereocenters. The zero-order chi connectivity index (χ0) is 29.2. The summed E-state index contributed by atoms with van der Waals surface area (Å²) in [6, 6.07) is 13.3. The van der Waals surface area contributed by atoms with Crippen LogP contribution in [0.15, 0.2) is 42.5 Å². The van der Waals surface area contributed by atoms with Gasteiger partial charge in [0.1, 0.15) is 35.9 Å². The van der Waals surface area contributed by atoms with Crippen LogP contribution >= 0.6 is 11.8 Å². The number of carbonyl (C=O) groups is 2. The molecule has 0 aliphatic carbocycles. The summed E-state index contributed by atoms with van der Waals surface area (Å²) in [6.07, 6.45) is 1.81. The predicted molar refractivity (Wildman–Crippen MR) is 155 cm³/mol. The van der Waals surface area contributed by atoms with E-state index in [1.54, 1.807) is 6.26 Å². The van der Waals surface area contributed by atoms with E-state index in [9.17, 15) is 24.9 Å². The summed E-state index contributed by atoms with van der Waals surface area (Å²) >= 11 is 1.30. The van der Waals surface area contributed by atoms with Crippen molar-refractivity contribution in [2.45, 2.75) is 87.8 Å². The molecule has 0 aromatic heterocycles. The number of carboxylic acids is 1. The third-order valence-corrected chi connectivity index (χ3v) is 8.23. The summed E-state index contributed by atoms with van der Waals surface area (Å²) < 4.78 is 5.93. The fourth-order valence-electron chi connectivity index (χ4n) is 4.80. The lowest BCUT2D eigenvalue weighted by Crippen LogP contribution is -2.52. The maximum Gasteiger partial charge on any atom is 0.320 e. The van der Waals surface area contributed by atoms with Gasteiger partial charge in [0.05, 0.1) is 0 Å². The Morgan fingerprint density at radius 2 is 1.70 bits per heavy atom. The number of aliphatic hydroxyl groups excluding tert-OH is 3. The third kappa shape index (κ3) is 9.02. The van der Waals surface area contributed by atoms with Crippen molar-refractivity contribution in [3.63, 3.8) is 0 Å². The molecule has 7 N–H and O–H groups in total. The van der Waals surface area contributed by atoms with Crippen molar-refractivity contribution in [2.24, 2.45) is 5.73 Å². The molecule has 10 heteroatoms. The number of carbonyl (C=O) groups excluding carboxylic acids is 1. The molecule has 40 heavy (non-hydrogen) atoms. The summed E-state index contributed by atoms with van der Waals surface area (Å²) in [7, 11) is 0. The molecule has 1 heterocycles. The van der Waals surface area contributed by atoms with Crippen molar-refractivity contribution in [3.8, 4) is 0 Å². The Bertz CT molecular complexity index is 1110. The number of benzene rings is 2. The Hall–Kier alpha value is -2.47. The molecule has 1 aliphatic rings. The van der Waals surface area contributed by atoms with E-state index in [1.807, 2.05) is 25.1 Å². The van der Waals surface area contributed by atoms with Crippen LogP contribution in [0.4, 0.5) is 0 Å². The number of rotatable bonds is 14. The van der Waals surface area contributed by atoms with Gasteiger partial charge in [0, 0.05) is 13.0 Å². The number of hydrogen-bond acceptors (Lipinski definition) is 8. The predicted octanol–water partition coefficient (Wildman–Crippen LogP) is 2.45. The van der Waals surface area contributed by atoms with Crippen LogP contribution in [0.1, 0.15) is 66.0 Å². The highest BCUT2D eigenvalue weighted by molar-refractivity contribution is 7.99. The molecule has 1 fully saturated rings. The molecule has 9 nitrogen and oxygen atoms in total. The third-order valence-electron chi connectivity index (χ3n) is 7.37.